The van der Waals surface area contributed by atoms with Crippen molar-refractivity contribution in [2.24, 2.45) is 11.7 Å². The zero-order valence-electron chi connectivity index (χ0n) is 10.1. The first-order valence-corrected chi connectivity index (χ1v) is 5.97. The Bertz CT molecular complexity index is 302. The van der Waals surface area contributed by atoms with Crippen LogP contribution in [0.4, 0.5) is 4.79 Å². The molecule has 0 spiro atoms. The molecule has 0 aromatic heterocycles. The first-order valence-electron chi connectivity index (χ1n) is 5.97. The first-order chi connectivity index (χ1) is 8.13. The fraction of sp³-hybridized carbons (Fsp3) is 0.667. The van der Waals surface area contributed by atoms with E-state index in [9.17, 15) is 9.59 Å². The van der Waals surface area contributed by atoms with E-state index in [2.05, 4.69) is 5.32 Å². The lowest BCUT2D eigenvalue weighted by Crippen LogP contribution is -2.32. The number of amides is 2. The van der Waals surface area contributed by atoms with E-state index in [1.165, 1.54) is 0 Å². The van der Waals surface area contributed by atoms with E-state index in [4.69, 9.17) is 10.5 Å². The third kappa shape index (κ3) is 4.89. The second kappa shape index (κ2) is 6.93. The molecule has 3 N–H and O–H groups in total. The topological polar surface area (TPSA) is 81.4 Å². The molecule has 1 aliphatic carbocycles. The number of rotatable bonds is 3. The zero-order chi connectivity index (χ0) is 12.7. The van der Waals surface area contributed by atoms with Crippen molar-refractivity contribution >= 4 is 12.0 Å². The quantitative estimate of drug-likeness (QED) is 0.730. The van der Waals surface area contributed by atoms with Crippen LogP contribution in [0.1, 0.15) is 32.1 Å². The first kappa shape index (κ1) is 13.5. The molecule has 1 aliphatic rings. The van der Waals surface area contributed by atoms with E-state index >= 15 is 0 Å². The summed E-state index contributed by atoms with van der Waals surface area (Å²) in [4.78, 5) is 22.2. The zero-order valence-corrected chi connectivity index (χ0v) is 10.1. The Morgan fingerprint density at radius 2 is 2.24 bits per heavy atom. The molecule has 0 saturated carbocycles. The SMILES string of the molecule is CNC(=O)CC1CCCCC=CC1OC(N)=O. The summed E-state index contributed by atoms with van der Waals surface area (Å²) in [5.41, 5.74) is 5.04. The maximum absolute atomic E-state index is 11.4. The molecule has 0 fully saturated rings. The molecule has 5 heteroatoms. The largest absolute Gasteiger partial charge is 0.442 e. The number of carbonyl (C=O) groups excluding carboxylic acids is 2. The lowest BCUT2D eigenvalue weighted by Gasteiger charge is -2.25. The van der Waals surface area contributed by atoms with Crippen molar-refractivity contribution in [3.8, 4) is 0 Å². The number of allylic oxidation sites excluding steroid dienone is 1. The number of carbonyl (C=O) groups is 2. The molecule has 0 aromatic rings. The van der Waals surface area contributed by atoms with Crippen molar-refractivity contribution in [2.45, 2.75) is 38.2 Å². The fourth-order valence-corrected chi connectivity index (χ4v) is 2.05. The molecule has 5 nitrogen and oxygen atoms in total. The molecule has 0 radical (unpaired) electrons. The molecule has 17 heavy (non-hydrogen) atoms. The Balaban J connectivity index is 2.69. The average Bonchev–Trinajstić information content (AvgIpc) is 2.26. The highest BCUT2D eigenvalue weighted by Gasteiger charge is 2.25. The van der Waals surface area contributed by atoms with E-state index in [-0.39, 0.29) is 17.9 Å². The van der Waals surface area contributed by atoms with Crippen molar-refractivity contribution in [2.75, 3.05) is 7.05 Å². The van der Waals surface area contributed by atoms with Crippen LogP contribution in [-0.2, 0) is 9.53 Å². The highest BCUT2D eigenvalue weighted by atomic mass is 16.6. The van der Waals surface area contributed by atoms with Gasteiger partial charge in [0.05, 0.1) is 0 Å². The highest BCUT2D eigenvalue weighted by molar-refractivity contribution is 5.76. The standard InChI is InChI=1S/C12H20N2O3/c1-14-11(15)8-9-6-4-2-3-5-7-10(9)17-12(13)16/h5,7,9-10H,2-4,6,8H2,1H3,(H2,13,16)(H,14,15). The number of nitrogens with one attached hydrogen (secondary N) is 1. The van der Waals surface area contributed by atoms with Crippen LogP contribution in [0.5, 0.6) is 0 Å². The van der Waals surface area contributed by atoms with Crippen molar-refractivity contribution < 1.29 is 14.3 Å². The molecule has 1 rings (SSSR count). The van der Waals surface area contributed by atoms with E-state index in [1.54, 1.807) is 7.05 Å². The summed E-state index contributed by atoms with van der Waals surface area (Å²) in [6, 6.07) is 0. The third-order valence-corrected chi connectivity index (χ3v) is 2.96. The molecular weight excluding hydrogens is 220 g/mol. The number of hydrogen-bond donors (Lipinski definition) is 2. The van der Waals surface area contributed by atoms with Gasteiger partial charge in [-0.25, -0.2) is 4.79 Å². The minimum atomic E-state index is -0.790. The molecule has 0 bridgehead atoms. The molecule has 0 aromatic carbocycles. The summed E-state index contributed by atoms with van der Waals surface area (Å²) in [7, 11) is 1.60. The predicted octanol–water partition coefficient (Wildman–Crippen LogP) is 1.33. The van der Waals surface area contributed by atoms with Crippen LogP contribution in [0, 0.1) is 5.92 Å². The minimum absolute atomic E-state index is 0.0130. The minimum Gasteiger partial charge on any atom is -0.442 e. The molecular formula is C12H20N2O3. The van der Waals surface area contributed by atoms with E-state index in [0.717, 1.165) is 25.7 Å². The molecule has 2 amide bonds. The normalized spacial score (nSPS) is 24.5. The van der Waals surface area contributed by atoms with Gasteiger partial charge < -0.3 is 15.8 Å². The summed E-state index contributed by atoms with van der Waals surface area (Å²) in [6.45, 7) is 0. The van der Waals surface area contributed by atoms with Gasteiger partial charge in [-0.3, -0.25) is 4.79 Å². The summed E-state index contributed by atoms with van der Waals surface area (Å²) < 4.78 is 5.06. The third-order valence-electron chi connectivity index (χ3n) is 2.96. The lowest BCUT2D eigenvalue weighted by molar-refractivity contribution is -0.122. The van der Waals surface area contributed by atoms with E-state index in [0.29, 0.717) is 6.42 Å². The second-order valence-corrected chi connectivity index (χ2v) is 4.25. The Kier molecular flexibility index (Phi) is 5.52. The summed E-state index contributed by atoms with van der Waals surface area (Å²) in [5.74, 6) is -0.0268. The average molecular weight is 240 g/mol. The van der Waals surface area contributed by atoms with Crippen molar-refractivity contribution in [3.05, 3.63) is 12.2 Å². The highest BCUT2D eigenvalue weighted by Crippen LogP contribution is 2.24. The van der Waals surface area contributed by atoms with Gasteiger partial charge in [0.15, 0.2) is 0 Å². The smallest absolute Gasteiger partial charge is 0.405 e. The fourth-order valence-electron chi connectivity index (χ4n) is 2.05. The predicted molar refractivity (Wildman–Crippen MR) is 64.2 cm³/mol. The van der Waals surface area contributed by atoms with Crippen LogP contribution in [0.15, 0.2) is 12.2 Å². The Morgan fingerprint density at radius 1 is 1.47 bits per heavy atom. The van der Waals surface area contributed by atoms with Crippen molar-refractivity contribution in [1.29, 1.82) is 0 Å². The van der Waals surface area contributed by atoms with Gasteiger partial charge in [-0.15, -0.1) is 0 Å². The summed E-state index contributed by atoms with van der Waals surface area (Å²) >= 11 is 0. The van der Waals surface area contributed by atoms with E-state index in [1.807, 2.05) is 12.2 Å². The van der Waals surface area contributed by atoms with Gasteiger partial charge in [-0.2, -0.15) is 0 Å². The Morgan fingerprint density at radius 3 is 2.88 bits per heavy atom. The van der Waals surface area contributed by atoms with Gasteiger partial charge in [-0.05, 0) is 25.3 Å². The van der Waals surface area contributed by atoms with Crippen LogP contribution >= 0.6 is 0 Å². The van der Waals surface area contributed by atoms with Crippen LogP contribution in [0.2, 0.25) is 0 Å². The molecule has 96 valence electrons. The monoisotopic (exact) mass is 240 g/mol. The number of nitrogens with two attached hydrogens (primary N) is 1. The Labute approximate surface area is 101 Å². The van der Waals surface area contributed by atoms with Gasteiger partial charge in [0.1, 0.15) is 6.10 Å². The van der Waals surface area contributed by atoms with Gasteiger partial charge in [0.25, 0.3) is 0 Å². The lowest BCUT2D eigenvalue weighted by atomic mass is 9.89. The van der Waals surface area contributed by atoms with Gasteiger partial charge in [0.2, 0.25) is 5.91 Å². The van der Waals surface area contributed by atoms with E-state index < -0.39 is 6.09 Å². The van der Waals surface area contributed by atoms with Gasteiger partial charge >= 0.3 is 6.09 Å². The van der Waals surface area contributed by atoms with Crippen LogP contribution in [-0.4, -0.2) is 25.2 Å². The molecule has 0 heterocycles. The van der Waals surface area contributed by atoms with Crippen molar-refractivity contribution in [3.63, 3.8) is 0 Å². The van der Waals surface area contributed by atoms with Crippen molar-refractivity contribution in [1.82, 2.24) is 5.32 Å². The molecule has 0 saturated heterocycles. The summed E-state index contributed by atoms with van der Waals surface area (Å²) in [6.07, 6.45) is 7.00. The Hall–Kier alpha value is -1.52. The molecule has 2 unspecified atom stereocenters. The van der Waals surface area contributed by atoms with Crippen LogP contribution in [0.25, 0.3) is 0 Å². The number of hydrogen-bond acceptors (Lipinski definition) is 3. The second-order valence-electron chi connectivity index (χ2n) is 4.25. The maximum Gasteiger partial charge on any atom is 0.405 e. The van der Waals surface area contributed by atoms with Gasteiger partial charge in [-0.1, -0.05) is 12.5 Å². The van der Waals surface area contributed by atoms with Crippen LogP contribution in [0.3, 0.4) is 0 Å². The number of primary amides is 1. The number of ether oxygens (including phenoxy) is 1. The maximum atomic E-state index is 11.4. The van der Waals surface area contributed by atoms with Gasteiger partial charge in [0, 0.05) is 19.4 Å². The molecule has 0 aliphatic heterocycles. The molecule has 2 atom stereocenters. The van der Waals surface area contributed by atoms with Crippen LogP contribution < -0.4 is 11.1 Å². The summed E-state index contributed by atoms with van der Waals surface area (Å²) in [5, 5.41) is 2.59.